The van der Waals surface area contributed by atoms with Gasteiger partial charge in [-0.2, -0.15) is 0 Å². The zero-order valence-corrected chi connectivity index (χ0v) is 16.7. The molecule has 0 radical (unpaired) electrons. The van der Waals surface area contributed by atoms with Crippen LogP contribution < -0.4 is 0 Å². The van der Waals surface area contributed by atoms with E-state index in [1.54, 1.807) is 17.0 Å². The van der Waals surface area contributed by atoms with Crippen LogP contribution in [0.5, 0.6) is 11.5 Å². The van der Waals surface area contributed by atoms with Crippen molar-refractivity contribution in [3.63, 3.8) is 0 Å². The molecule has 0 saturated carbocycles. The number of carbonyl (C=O) groups excluding carboxylic acids is 1. The molecule has 0 aliphatic carbocycles. The number of aromatic nitrogens is 1. The van der Waals surface area contributed by atoms with Crippen LogP contribution in [0, 0.1) is 5.41 Å². The summed E-state index contributed by atoms with van der Waals surface area (Å²) in [5, 5.41) is 19.2. The Kier molecular flexibility index (Phi) is 5.34. The number of piperidine rings is 1. The Morgan fingerprint density at radius 3 is 2.64 bits per heavy atom. The van der Waals surface area contributed by atoms with Gasteiger partial charge in [0, 0.05) is 19.2 Å². The number of rotatable bonds is 4. The lowest BCUT2D eigenvalue weighted by Crippen LogP contribution is -2.43. The molecule has 1 aliphatic rings. The summed E-state index contributed by atoms with van der Waals surface area (Å²) in [6, 6.07) is 8.03. The Labute approximate surface area is 164 Å². The van der Waals surface area contributed by atoms with Gasteiger partial charge in [-0.15, -0.1) is 0 Å². The van der Waals surface area contributed by atoms with Crippen LogP contribution in [-0.4, -0.2) is 47.5 Å². The third-order valence-corrected chi connectivity index (χ3v) is 6.52. The minimum atomic E-state index is -3.90. The van der Waals surface area contributed by atoms with Crippen molar-refractivity contribution in [3.05, 3.63) is 47.8 Å². The van der Waals surface area contributed by atoms with Gasteiger partial charge < -0.3 is 15.1 Å². The average Bonchev–Trinajstić information content (AvgIpc) is 2.59. The Morgan fingerprint density at radius 2 is 1.96 bits per heavy atom. The van der Waals surface area contributed by atoms with Gasteiger partial charge in [0.25, 0.3) is 5.91 Å². The molecule has 2 heterocycles. The van der Waals surface area contributed by atoms with Gasteiger partial charge in [-0.1, -0.05) is 19.9 Å². The van der Waals surface area contributed by atoms with E-state index in [-0.39, 0.29) is 33.4 Å². The van der Waals surface area contributed by atoms with Crippen LogP contribution in [0.2, 0.25) is 0 Å². The first-order valence-electron chi connectivity index (χ1n) is 9.07. The van der Waals surface area contributed by atoms with E-state index in [0.29, 0.717) is 13.1 Å². The average molecular weight is 404 g/mol. The molecule has 1 aromatic heterocycles. The molecule has 0 unspecified atom stereocenters. The summed E-state index contributed by atoms with van der Waals surface area (Å²) in [5.41, 5.74) is 0.473. The molecule has 1 aliphatic heterocycles. The Bertz CT molecular complexity index is 1000. The molecular formula is C20H24N2O5S. The van der Waals surface area contributed by atoms with Crippen LogP contribution in [0.4, 0.5) is 0 Å². The molecule has 1 aromatic carbocycles. The first kappa shape index (κ1) is 20.1. The third kappa shape index (κ3) is 4.44. The predicted molar refractivity (Wildman–Crippen MR) is 104 cm³/mol. The molecule has 3 rings (SSSR count). The molecule has 28 heavy (non-hydrogen) atoms. The maximum Gasteiger partial charge on any atom is 0.272 e. The predicted octanol–water partition coefficient (Wildman–Crippen LogP) is 2.73. The van der Waals surface area contributed by atoms with Gasteiger partial charge in [-0.3, -0.25) is 4.79 Å². The summed E-state index contributed by atoms with van der Waals surface area (Å²) in [6.45, 7) is 5.53. The second-order valence-electron chi connectivity index (χ2n) is 7.92. The minimum absolute atomic E-state index is 0.0469. The normalized spacial score (nSPS) is 16.7. The fourth-order valence-corrected chi connectivity index (χ4v) is 4.84. The van der Waals surface area contributed by atoms with E-state index < -0.39 is 21.3 Å². The largest absolute Gasteiger partial charge is 0.508 e. The highest BCUT2D eigenvalue weighted by Gasteiger charge is 2.30. The quantitative estimate of drug-likeness (QED) is 0.811. The first-order valence-corrected chi connectivity index (χ1v) is 10.7. The van der Waals surface area contributed by atoms with Crippen molar-refractivity contribution in [2.24, 2.45) is 5.41 Å². The fraction of sp³-hybridized carbons (Fsp3) is 0.400. The first-order chi connectivity index (χ1) is 13.1. The molecule has 0 atom stereocenters. The number of amides is 1. The van der Waals surface area contributed by atoms with Crippen LogP contribution in [0.15, 0.2) is 41.3 Å². The monoisotopic (exact) mass is 404 g/mol. The van der Waals surface area contributed by atoms with Gasteiger partial charge in [0.05, 0.1) is 11.4 Å². The van der Waals surface area contributed by atoms with E-state index in [9.17, 15) is 23.4 Å². The van der Waals surface area contributed by atoms with E-state index >= 15 is 0 Å². The van der Waals surface area contributed by atoms with Crippen LogP contribution in [-0.2, 0) is 15.6 Å². The van der Waals surface area contributed by atoms with Crippen LogP contribution in [0.3, 0.4) is 0 Å². The van der Waals surface area contributed by atoms with E-state index in [0.717, 1.165) is 25.0 Å². The van der Waals surface area contributed by atoms with E-state index in [1.165, 1.54) is 12.1 Å². The molecule has 2 N–H and O–H groups in total. The van der Waals surface area contributed by atoms with Gasteiger partial charge in [0.2, 0.25) is 0 Å². The molecule has 7 nitrogen and oxygen atoms in total. The number of nitrogens with zero attached hydrogens (tertiary/aromatic N) is 2. The SMILES string of the molecule is CC1(C)CCCN(C(=O)c2cccc(CS(=O)(=O)c3ccc(O)cc3O)n2)C1. The zero-order valence-electron chi connectivity index (χ0n) is 15.9. The molecule has 1 saturated heterocycles. The highest BCUT2D eigenvalue weighted by Crippen LogP contribution is 2.30. The fourth-order valence-electron chi connectivity index (χ4n) is 3.48. The summed E-state index contributed by atoms with van der Waals surface area (Å²) in [7, 11) is -3.90. The van der Waals surface area contributed by atoms with E-state index in [1.807, 2.05) is 0 Å². The highest BCUT2D eigenvalue weighted by atomic mass is 32.2. The third-order valence-electron chi connectivity index (χ3n) is 4.83. The number of hydrogen-bond donors (Lipinski definition) is 2. The number of pyridine rings is 1. The smallest absolute Gasteiger partial charge is 0.272 e. The second-order valence-corrected chi connectivity index (χ2v) is 9.88. The molecular weight excluding hydrogens is 380 g/mol. The maximum atomic E-state index is 12.8. The highest BCUT2D eigenvalue weighted by molar-refractivity contribution is 7.90. The lowest BCUT2D eigenvalue weighted by atomic mass is 9.84. The van der Waals surface area contributed by atoms with Gasteiger partial charge in [-0.25, -0.2) is 13.4 Å². The van der Waals surface area contributed by atoms with Crippen molar-refractivity contribution in [1.82, 2.24) is 9.88 Å². The number of hydrogen-bond acceptors (Lipinski definition) is 6. The number of phenols is 2. The topological polar surface area (TPSA) is 108 Å². The zero-order chi connectivity index (χ0) is 20.5. The van der Waals surface area contributed by atoms with E-state index in [2.05, 4.69) is 18.8 Å². The molecule has 0 bridgehead atoms. The Hall–Kier alpha value is -2.61. The summed E-state index contributed by atoms with van der Waals surface area (Å²) in [6.07, 6.45) is 1.98. The number of carbonyl (C=O) groups is 1. The van der Waals surface area contributed by atoms with Gasteiger partial charge >= 0.3 is 0 Å². The molecule has 2 aromatic rings. The lowest BCUT2D eigenvalue weighted by Gasteiger charge is -2.37. The van der Waals surface area contributed by atoms with Crippen LogP contribution >= 0.6 is 0 Å². The Morgan fingerprint density at radius 1 is 1.21 bits per heavy atom. The lowest BCUT2D eigenvalue weighted by molar-refractivity contribution is 0.0577. The van der Waals surface area contributed by atoms with Gasteiger partial charge in [0.1, 0.15) is 22.1 Å². The van der Waals surface area contributed by atoms with E-state index in [4.69, 9.17) is 0 Å². The number of aromatic hydroxyl groups is 2. The van der Waals surface area contributed by atoms with Gasteiger partial charge in [-0.05, 0) is 42.5 Å². The summed E-state index contributed by atoms with van der Waals surface area (Å²) >= 11 is 0. The molecule has 0 spiro atoms. The van der Waals surface area contributed by atoms with Crippen molar-refractivity contribution in [2.75, 3.05) is 13.1 Å². The summed E-state index contributed by atoms with van der Waals surface area (Å²) < 4.78 is 25.2. The number of likely N-dealkylation sites (tertiary alicyclic amines) is 1. The van der Waals surface area contributed by atoms with Crippen molar-refractivity contribution >= 4 is 15.7 Å². The standard InChI is InChI=1S/C20H24N2O5S/c1-20(2)9-4-10-22(13-20)19(25)16-6-3-5-14(21-16)12-28(26,27)18-8-7-15(23)11-17(18)24/h3,5-8,11,23-24H,4,9-10,12-13H2,1-2H3. The van der Waals surface area contributed by atoms with Gasteiger partial charge in [0.15, 0.2) is 9.84 Å². The van der Waals surface area contributed by atoms with Crippen LogP contribution in [0.1, 0.15) is 42.9 Å². The maximum absolute atomic E-state index is 12.8. The van der Waals surface area contributed by atoms with Crippen LogP contribution in [0.25, 0.3) is 0 Å². The number of sulfone groups is 1. The molecule has 1 fully saturated rings. The van der Waals surface area contributed by atoms with Crippen molar-refractivity contribution in [2.45, 2.75) is 37.3 Å². The summed E-state index contributed by atoms with van der Waals surface area (Å²) in [5.74, 6) is -1.42. The number of phenolic OH excluding ortho intramolecular Hbond substituents is 2. The molecule has 150 valence electrons. The molecule has 8 heteroatoms. The number of benzene rings is 1. The van der Waals surface area contributed by atoms with Crippen molar-refractivity contribution < 1.29 is 23.4 Å². The van der Waals surface area contributed by atoms with Crippen molar-refractivity contribution in [1.29, 1.82) is 0 Å². The van der Waals surface area contributed by atoms with Crippen molar-refractivity contribution in [3.8, 4) is 11.5 Å². The summed E-state index contributed by atoms with van der Waals surface area (Å²) in [4.78, 5) is 18.5. The minimum Gasteiger partial charge on any atom is -0.508 e. The molecule has 1 amide bonds. The second kappa shape index (κ2) is 7.43. The Balaban J connectivity index is 1.82.